The molecule has 0 saturated carbocycles. The number of benzene rings is 2. The number of nitrogens with one attached hydrogen (secondary N) is 1. The molecule has 0 aliphatic heterocycles. The number of aryl methyl sites for hydroxylation is 4. The van der Waals surface area contributed by atoms with Gasteiger partial charge in [-0.05, 0) is 68.1 Å². The van der Waals surface area contributed by atoms with Crippen LogP contribution < -0.4 is 5.32 Å². The number of fused-ring (bicyclic) bond motifs is 1. The van der Waals surface area contributed by atoms with E-state index in [2.05, 4.69) is 44.3 Å². The Hall–Kier alpha value is -2.63. The van der Waals surface area contributed by atoms with E-state index in [1.54, 1.807) is 11.3 Å². The number of rotatable bonds is 4. The van der Waals surface area contributed by atoms with Crippen LogP contribution in [-0.2, 0) is 11.2 Å². The Morgan fingerprint density at radius 3 is 2.38 bits per heavy atom. The average Bonchev–Trinajstić information content (AvgIpc) is 3.23. The van der Waals surface area contributed by atoms with Gasteiger partial charge in [-0.15, -0.1) is 23.7 Å². The van der Waals surface area contributed by atoms with Crippen molar-refractivity contribution in [2.24, 2.45) is 0 Å². The monoisotopic (exact) mass is 425 g/mol. The fourth-order valence-corrected chi connectivity index (χ4v) is 4.06. The van der Waals surface area contributed by atoms with Gasteiger partial charge in [-0.2, -0.15) is 0 Å². The molecule has 2 aromatic carbocycles. The minimum atomic E-state index is -0.0237. The first-order chi connectivity index (χ1) is 13.4. The lowest BCUT2D eigenvalue weighted by atomic mass is 10.0. The van der Waals surface area contributed by atoms with E-state index in [9.17, 15) is 4.79 Å². The van der Waals surface area contributed by atoms with Crippen molar-refractivity contribution in [1.29, 1.82) is 0 Å². The molecule has 4 aromatic rings. The second-order valence-corrected chi connectivity index (χ2v) is 8.17. The first kappa shape index (κ1) is 21.1. The van der Waals surface area contributed by atoms with Crippen molar-refractivity contribution in [3.8, 4) is 11.3 Å². The number of hydrogen-bond donors (Lipinski definition) is 1. The van der Waals surface area contributed by atoms with Crippen LogP contribution in [0, 0.1) is 27.7 Å². The number of aromatic nitrogens is 2. The van der Waals surface area contributed by atoms with Crippen LogP contribution in [0.2, 0.25) is 0 Å². The van der Waals surface area contributed by atoms with Crippen LogP contribution in [0.15, 0.2) is 48.0 Å². The smallest absolute Gasteiger partial charge is 0.230 e. The van der Waals surface area contributed by atoms with E-state index < -0.39 is 0 Å². The third-order valence-electron chi connectivity index (χ3n) is 5.22. The topological polar surface area (TPSA) is 46.4 Å². The van der Waals surface area contributed by atoms with Gasteiger partial charge in [-0.25, -0.2) is 4.98 Å². The molecule has 6 heteroatoms. The van der Waals surface area contributed by atoms with Crippen molar-refractivity contribution >= 4 is 40.3 Å². The zero-order valence-electron chi connectivity index (χ0n) is 16.9. The quantitative estimate of drug-likeness (QED) is 0.442. The van der Waals surface area contributed by atoms with Crippen LogP contribution in [0.5, 0.6) is 0 Å². The lowest BCUT2D eigenvalue weighted by molar-refractivity contribution is -0.115. The molecule has 1 N–H and O–H groups in total. The summed E-state index contributed by atoms with van der Waals surface area (Å²) < 4.78 is 2.02. The normalized spacial score (nSPS) is 10.8. The summed E-state index contributed by atoms with van der Waals surface area (Å²) in [7, 11) is 0. The fraction of sp³-hybridized carbons (Fsp3) is 0.217. The Labute approximate surface area is 181 Å². The molecule has 0 atom stereocenters. The van der Waals surface area contributed by atoms with Gasteiger partial charge in [0.25, 0.3) is 0 Å². The molecule has 4 rings (SSSR count). The predicted octanol–water partition coefficient (Wildman–Crippen LogP) is 5.90. The summed E-state index contributed by atoms with van der Waals surface area (Å²) in [5.74, 6) is -0.0237. The molecule has 2 heterocycles. The van der Waals surface area contributed by atoms with Crippen molar-refractivity contribution < 1.29 is 4.79 Å². The predicted molar refractivity (Wildman–Crippen MR) is 123 cm³/mol. The Balaban J connectivity index is 0.00000240. The molecule has 0 spiro atoms. The van der Waals surface area contributed by atoms with Crippen LogP contribution in [-0.4, -0.2) is 15.3 Å². The Morgan fingerprint density at radius 1 is 1.00 bits per heavy atom. The zero-order valence-corrected chi connectivity index (χ0v) is 18.6. The highest BCUT2D eigenvalue weighted by atomic mass is 35.5. The molecular formula is C23H24ClN3OS. The van der Waals surface area contributed by atoms with Gasteiger partial charge in [0.15, 0.2) is 4.96 Å². The Bertz CT molecular complexity index is 1190. The maximum atomic E-state index is 12.5. The van der Waals surface area contributed by atoms with Gasteiger partial charge < -0.3 is 5.32 Å². The lowest BCUT2D eigenvalue weighted by Gasteiger charge is -2.07. The molecule has 0 bridgehead atoms. The van der Waals surface area contributed by atoms with Gasteiger partial charge >= 0.3 is 0 Å². The van der Waals surface area contributed by atoms with Crippen LogP contribution >= 0.6 is 23.7 Å². The minimum Gasteiger partial charge on any atom is -0.326 e. The molecule has 2 aromatic heterocycles. The van der Waals surface area contributed by atoms with E-state index in [4.69, 9.17) is 4.98 Å². The fourth-order valence-electron chi connectivity index (χ4n) is 3.19. The summed E-state index contributed by atoms with van der Waals surface area (Å²) in [6.07, 6.45) is 2.34. The summed E-state index contributed by atoms with van der Waals surface area (Å²) in [6, 6.07) is 12.4. The van der Waals surface area contributed by atoms with Crippen molar-refractivity contribution in [3.63, 3.8) is 0 Å². The minimum absolute atomic E-state index is 0. The SMILES string of the molecule is Cc1ccc(NC(=O)Cc2csc3nc(-c4ccc(C)c(C)c4)cn23)cc1C.Cl. The van der Waals surface area contributed by atoms with Gasteiger partial charge in [-0.3, -0.25) is 9.20 Å². The van der Waals surface area contributed by atoms with Crippen molar-refractivity contribution in [1.82, 2.24) is 9.38 Å². The second kappa shape index (κ2) is 8.39. The summed E-state index contributed by atoms with van der Waals surface area (Å²) in [6.45, 7) is 8.33. The summed E-state index contributed by atoms with van der Waals surface area (Å²) in [5.41, 5.74) is 8.73. The summed E-state index contributed by atoms with van der Waals surface area (Å²) >= 11 is 1.56. The van der Waals surface area contributed by atoms with Gasteiger partial charge in [0.2, 0.25) is 5.91 Å². The molecule has 29 heavy (non-hydrogen) atoms. The lowest BCUT2D eigenvalue weighted by Crippen LogP contribution is -2.15. The van der Waals surface area contributed by atoms with Crippen LogP contribution in [0.4, 0.5) is 5.69 Å². The molecule has 1 amide bonds. The van der Waals surface area contributed by atoms with Gasteiger partial charge in [0.1, 0.15) is 0 Å². The average molecular weight is 426 g/mol. The van der Waals surface area contributed by atoms with Gasteiger partial charge in [-0.1, -0.05) is 18.2 Å². The number of imidazole rings is 1. The number of hydrogen-bond acceptors (Lipinski definition) is 3. The standard InChI is InChI=1S/C23H23N3OS.ClH/c1-14-5-7-18(9-16(14)3)21-12-26-20(13-28-23(26)25-21)11-22(27)24-19-8-6-15(2)17(4)10-19;/h5-10,12-13H,11H2,1-4H3,(H,24,27);1H. The summed E-state index contributed by atoms with van der Waals surface area (Å²) in [5, 5.41) is 5.00. The number of carbonyl (C=O) groups excluding carboxylic acids is 1. The highest BCUT2D eigenvalue weighted by Gasteiger charge is 2.13. The van der Waals surface area contributed by atoms with Crippen molar-refractivity contribution in [2.75, 3.05) is 5.32 Å². The highest BCUT2D eigenvalue weighted by molar-refractivity contribution is 7.15. The van der Waals surface area contributed by atoms with E-state index >= 15 is 0 Å². The number of carbonyl (C=O) groups is 1. The molecule has 0 unspecified atom stereocenters. The number of halogens is 1. The van der Waals surface area contributed by atoms with E-state index in [0.29, 0.717) is 6.42 Å². The number of thiazole rings is 1. The first-order valence-electron chi connectivity index (χ1n) is 9.31. The summed E-state index contributed by atoms with van der Waals surface area (Å²) in [4.78, 5) is 18.2. The number of amides is 1. The van der Waals surface area contributed by atoms with Gasteiger partial charge in [0, 0.05) is 28.5 Å². The molecule has 0 aliphatic rings. The molecule has 0 radical (unpaired) electrons. The van der Waals surface area contributed by atoms with Crippen molar-refractivity contribution in [3.05, 3.63) is 75.9 Å². The highest BCUT2D eigenvalue weighted by Crippen LogP contribution is 2.25. The first-order valence-corrected chi connectivity index (χ1v) is 10.2. The van der Waals surface area contributed by atoms with Crippen LogP contribution in [0.25, 0.3) is 16.2 Å². The largest absolute Gasteiger partial charge is 0.326 e. The molecule has 0 fully saturated rings. The maximum Gasteiger partial charge on any atom is 0.230 e. The molecule has 150 valence electrons. The van der Waals surface area contributed by atoms with Crippen LogP contribution in [0.1, 0.15) is 27.9 Å². The van der Waals surface area contributed by atoms with E-state index in [1.807, 2.05) is 41.1 Å². The van der Waals surface area contributed by atoms with Gasteiger partial charge in [0.05, 0.1) is 12.1 Å². The Morgan fingerprint density at radius 2 is 1.69 bits per heavy atom. The molecule has 0 saturated heterocycles. The zero-order chi connectivity index (χ0) is 19.8. The Kier molecular flexibility index (Phi) is 6.10. The van der Waals surface area contributed by atoms with Crippen LogP contribution in [0.3, 0.4) is 0 Å². The third kappa shape index (κ3) is 4.36. The third-order valence-corrected chi connectivity index (χ3v) is 6.11. The number of nitrogens with zero attached hydrogens (tertiary/aromatic N) is 2. The second-order valence-electron chi connectivity index (χ2n) is 7.33. The maximum absolute atomic E-state index is 12.5. The van der Waals surface area contributed by atoms with E-state index in [0.717, 1.165) is 27.6 Å². The molecule has 4 nitrogen and oxygen atoms in total. The van der Waals surface area contributed by atoms with E-state index in [1.165, 1.54) is 22.3 Å². The molecular weight excluding hydrogens is 402 g/mol. The number of anilines is 1. The van der Waals surface area contributed by atoms with E-state index in [-0.39, 0.29) is 18.3 Å². The van der Waals surface area contributed by atoms with Crippen molar-refractivity contribution in [2.45, 2.75) is 34.1 Å². The molecule has 0 aliphatic carbocycles.